The summed E-state index contributed by atoms with van der Waals surface area (Å²) in [6, 6.07) is 17.3. The number of cyclic esters (lactones) is 1. The predicted octanol–water partition coefficient (Wildman–Crippen LogP) is 3.04. The van der Waals surface area contributed by atoms with Gasteiger partial charge in [-0.05, 0) is 36.8 Å². The van der Waals surface area contributed by atoms with Gasteiger partial charge in [0.15, 0.2) is 0 Å². The lowest BCUT2D eigenvalue weighted by Crippen LogP contribution is -2.39. The van der Waals surface area contributed by atoms with Crippen LogP contribution in [0.5, 0.6) is 0 Å². The number of nitrogens with one attached hydrogen (secondary N) is 2. The molecule has 27 heavy (non-hydrogen) atoms. The van der Waals surface area contributed by atoms with E-state index < -0.39 is 0 Å². The molecular formula is C20H22N4O3. The van der Waals surface area contributed by atoms with Crippen LogP contribution in [-0.2, 0) is 4.74 Å². The van der Waals surface area contributed by atoms with Crippen LogP contribution in [-0.4, -0.2) is 44.4 Å². The van der Waals surface area contributed by atoms with E-state index in [-0.39, 0.29) is 18.2 Å². The molecule has 2 aromatic rings. The Morgan fingerprint density at radius 1 is 1.04 bits per heavy atom. The van der Waals surface area contributed by atoms with Gasteiger partial charge in [-0.3, -0.25) is 4.90 Å². The van der Waals surface area contributed by atoms with Crippen molar-refractivity contribution in [3.05, 3.63) is 54.6 Å². The van der Waals surface area contributed by atoms with Gasteiger partial charge in [0.2, 0.25) is 0 Å². The van der Waals surface area contributed by atoms with E-state index >= 15 is 0 Å². The van der Waals surface area contributed by atoms with Crippen molar-refractivity contribution in [3.63, 3.8) is 0 Å². The van der Waals surface area contributed by atoms with Crippen LogP contribution in [0.2, 0.25) is 0 Å². The van der Waals surface area contributed by atoms with Crippen molar-refractivity contribution >= 4 is 29.2 Å². The minimum absolute atomic E-state index is 0.0990. The van der Waals surface area contributed by atoms with E-state index in [0.717, 1.165) is 19.5 Å². The van der Waals surface area contributed by atoms with Crippen LogP contribution in [0.4, 0.5) is 26.7 Å². The molecule has 0 unspecified atom stereocenters. The molecule has 4 rings (SSSR count). The summed E-state index contributed by atoms with van der Waals surface area (Å²) in [7, 11) is 0. The number of amides is 3. The highest BCUT2D eigenvalue weighted by atomic mass is 16.6. The summed E-state index contributed by atoms with van der Waals surface area (Å²) in [4.78, 5) is 27.9. The van der Waals surface area contributed by atoms with Crippen LogP contribution in [0.3, 0.4) is 0 Å². The Morgan fingerprint density at radius 2 is 1.85 bits per heavy atom. The third-order valence-corrected chi connectivity index (χ3v) is 4.82. The molecule has 0 radical (unpaired) electrons. The first-order valence-electron chi connectivity index (χ1n) is 9.11. The SMILES string of the molecule is O=C(Nc1cccc(N2CCOC2=O)c1)N[C@@H]1CCN(c2ccccc2)C1. The summed E-state index contributed by atoms with van der Waals surface area (Å²) in [5, 5.41) is 5.88. The van der Waals surface area contributed by atoms with Crippen molar-refractivity contribution in [1.82, 2.24) is 5.32 Å². The van der Waals surface area contributed by atoms with Gasteiger partial charge in [0, 0.05) is 36.2 Å². The van der Waals surface area contributed by atoms with Crippen LogP contribution in [0, 0.1) is 0 Å². The van der Waals surface area contributed by atoms with Crippen LogP contribution in [0.15, 0.2) is 54.6 Å². The average molecular weight is 366 g/mol. The number of urea groups is 1. The maximum absolute atomic E-state index is 12.4. The molecule has 1 atom stereocenters. The molecule has 3 amide bonds. The highest BCUT2D eigenvalue weighted by molar-refractivity contribution is 5.93. The highest BCUT2D eigenvalue weighted by Crippen LogP contribution is 2.23. The average Bonchev–Trinajstić information content (AvgIpc) is 3.31. The van der Waals surface area contributed by atoms with Gasteiger partial charge in [-0.2, -0.15) is 0 Å². The lowest BCUT2D eigenvalue weighted by Gasteiger charge is -2.19. The molecule has 2 heterocycles. The van der Waals surface area contributed by atoms with Crippen molar-refractivity contribution in [1.29, 1.82) is 0 Å². The molecule has 2 aliphatic rings. The Morgan fingerprint density at radius 3 is 2.63 bits per heavy atom. The van der Waals surface area contributed by atoms with Crippen LogP contribution in [0.1, 0.15) is 6.42 Å². The monoisotopic (exact) mass is 366 g/mol. The summed E-state index contributed by atoms with van der Waals surface area (Å²) in [5.74, 6) is 0. The number of para-hydroxylation sites is 1. The molecule has 2 aromatic carbocycles. The van der Waals surface area contributed by atoms with Gasteiger partial charge in [0.25, 0.3) is 0 Å². The van der Waals surface area contributed by atoms with Gasteiger partial charge in [0.1, 0.15) is 6.61 Å². The number of carbonyl (C=O) groups is 2. The van der Waals surface area contributed by atoms with Crippen molar-refractivity contribution in [2.45, 2.75) is 12.5 Å². The number of anilines is 3. The summed E-state index contributed by atoms with van der Waals surface area (Å²) >= 11 is 0. The fraction of sp³-hybridized carbons (Fsp3) is 0.300. The van der Waals surface area contributed by atoms with Gasteiger partial charge in [-0.1, -0.05) is 24.3 Å². The molecule has 0 aliphatic carbocycles. The zero-order valence-corrected chi connectivity index (χ0v) is 14.9. The van der Waals surface area contributed by atoms with Gasteiger partial charge in [0.05, 0.1) is 6.54 Å². The number of hydrogen-bond donors (Lipinski definition) is 2. The molecule has 0 aromatic heterocycles. The Labute approximate surface area is 157 Å². The Kier molecular flexibility index (Phi) is 4.82. The largest absolute Gasteiger partial charge is 0.447 e. The molecule has 0 saturated carbocycles. The van der Waals surface area contributed by atoms with E-state index in [2.05, 4.69) is 27.7 Å². The van der Waals surface area contributed by atoms with Crippen molar-refractivity contribution in [3.8, 4) is 0 Å². The standard InChI is InChI=1S/C20H22N4O3/c25-19(22-16-9-10-23(14-16)17-6-2-1-3-7-17)21-15-5-4-8-18(13-15)24-11-12-27-20(24)26/h1-8,13,16H,9-12,14H2,(H2,21,22,25)/t16-/m1/s1. The predicted molar refractivity (Wildman–Crippen MR) is 104 cm³/mol. The van der Waals surface area contributed by atoms with Gasteiger partial charge < -0.3 is 20.3 Å². The summed E-state index contributed by atoms with van der Waals surface area (Å²) in [6.07, 6.45) is 0.547. The second-order valence-electron chi connectivity index (χ2n) is 6.68. The van der Waals surface area contributed by atoms with Gasteiger partial charge in [-0.25, -0.2) is 9.59 Å². The summed E-state index contributed by atoms with van der Waals surface area (Å²) < 4.78 is 4.96. The maximum atomic E-state index is 12.4. The minimum Gasteiger partial charge on any atom is -0.447 e. The number of nitrogens with zero attached hydrogens (tertiary/aromatic N) is 2. The molecular weight excluding hydrogens is 344 g/mol. The second kappa shape index (κ2) is 7.57. The van der Waals surface area contributed by atoms with E-state index in [4.69, 9.17) is 4.74 Å². The molecule has 7 nitrogen and oxygen atoms in total. The second-order valence-corrected chi connectivity index (χ2v) is 6.68. The van der Waals surface area contributed by atoms with E-state index in [1.165, 1.54) is 5.69 Å². The van der Waals surface area contributed by atoms with E-state index in [1.54, 1.807) is 17.0 Å². The third kappa shape index (κ3) is 3.97. The van der Waals surface area contributed by atoms with Gasteiger partial charge in [-0.15, -0.1) is 0 Å². The number of ether oxygens (including phenoxy) is 1. The molecule has 2 aliphatic heterocycles. The molecule has 7 heteroatoms. The smallest absolute Gasteiger partial charge is 0.414 e. The Hall–Kier alpha value is -3.22. The maximum Gasteiger partial charge on any atom is 0.414 e. The normalized spacial score (nSPS) is 19.1. The van der Waals surface area contributed by atoms with Crippen molar-refractivity contribution in [2.75, 3.05) is 41.4 Å². The fourth-order valence-electron chi connectivity index (χ4n) is 3.48. The van der Waals surface area contributed by atoms with Crippen LogP contribution >= 0.6 is 0 Å². The number of carbonyl (C=O) groups excluding carboxylic acids is 2. The Balaban J connectivity index is 1.33. The van der Waals surface area contributed by atoms with Gasteiger partial charge >= 0.3 is 12.1 Å². The van der Waals surface area contributed by atoms with Crippen LogP contribution < -0.4 is 20.4 Å². The summed E-state index contributed by atoms with van der Waals surface area (Å²) in [5.41, 5.74) is 2.53. The number of hydrogen-bond acceptors (Lipinski definition) is 4. The van der Waals surface area contributed by atoms with E-state index in [0.29, 0.717) is 24.5 Å². The first-order valence-corrected chi connectivity index (χ1v) is 9.11. The number of rotatable bonds is 4. The number of benzene rings is 2. The molecule has 0 spiro atoms. The quantitative estimate of drug-likeness (QED) is 0.872. The zero-order chi connectivity index (χ0) is 18.6. The first-order chi connectivity index (χ1) is 13.2. The fourth-order valence-corrected chi connectivity index (χ4v) is 3.48. The van der Waals surface area contributed by atoms with Crippen LogP contribution in [0.25, 0.3) is 0 Å². The molecule has 140 valence electrons. The topological polar surface area (TPSA) is 73.9 Å². The van der Waals surface area contributed by atoms with Crippen molar-refractivity contribution in [2.24, 2.45) is 0 Å². The molecule has 2 fully saturated rings. The Bertz CT molecular complexity index is 827. The molecule has 0 bridgehead atoms. The minimum atomic E-state index is -0.358. The molecule has 2 saturated heterocycles. The highest BCUT2D eigenvalue weighted by Gasteiger charge is 2.25. The first kappa shape index (κ1) is 17.2. The van der Waals surface area contributed by atoms with Crippen molar-refractivity contribution < 1.29 is 14.3 Å². The molecule has 2 N–H and O–H groups in total. The lowest BCUT2D eigenvalue weighted by atomic mass is 10.2. The summed E-state index contributed by atoms with van der Waals surface area (Å²) in [6.45, 7) is 2.61. The lowest BCUT2D eigenvalue weighted by molar-refractivity contribution is 0.181. The van der Waals surface area contributed by atoms with E-state index in [1.807, 2.05) is 30.3 Å². The third-order valence-electron chi connectivity index (χ3n) is 4.82. The van der Waals surface area contributed by atoms with E-state index in [9.17, 15) is 9.59 Å². The zero-order valence-electron chi connectivity index (χ0n) is 14.9.